The fourth-order valence-corrected chi connectivity index (χ4v) is 1.93. The molecule has 1 fully saturated rings. The minimum absolute atomic E-state index is 0.408. The van der Waals surface area contributed by atoms with Gasteiger partial charge in [-0.25, -0.2) is 9.97 Å². The first-order valence-corrected chi connectivity index (χ1v) is 6.42. The Morgan fingerprint density at radius 3 is 2.94 bits per heavy atom. The molecule has 1 aliphatic rings. The normalized spacial score (nSPS) is 22.5. The number of anilines is 1. The zero-order valence-corrected chi connectivity index (χ0v) is 11.0. The average Bonchev–Trinajstić information content (AvgIpc) is 2.99. The summed E-state index contributed by atoms with van der Waals surface area (Å²) in [5, 5.41) is 3.76. The van der Waals surface area contributed by atoms with E-state index in [0.29, 0.717) is 24.2 Å². The van der Waals surface area contributed by atoms with Crippen LogP contribution in [-0.4, -0.2) is 23.1 Å². The molecule has 0 aliphatic heterocycles. The van der Waals surface area contributed by atoms with Crippen LogP contribution in [0.4, 0.5) is 5.82 Å². The van der Waals surface area contributed by atoms with Crippen molar-refractivity contribution < 1.29 is 4.74 Å². The van der Waals surface area contributed by atoms with Crippen LogP contribution in [0, 0.1) is 11.8 Å². The zero-order chi connectivity index (χ0) is 12.3. The van der Waals surface area contributed by atoms with Crippen LogP contribution in [0.3, 0.4) is 0 Å². The maximum Gasteiger partial charge on any atom is 0.158 e. The maximum absolute atomic E-state index is 5.94. The van der Waals surface area contributed by atoms with Gasteiger partial charge in [0, 0.05) is 19.2 Å². The van der Waals surface area contributed by atoms with E-state index < -0.39 is 0 Å². The van der Waals surface area contributed by atoms with Gasteiger partial charge < -0.3 is 10.1 Å². The highest BCUT2D eigenvalue weighted by atomic mass is 35.5. The Morgan fingerprint density at radius 2 is 2.29 bits per heavy atom. The summed E-state index contributed by atoms with van der Waals surface area (Å²) in [4.78, 5) is 8.48. The van der Waals surface area contributed by atoms with Gasteiger partial charge in [0.15, 0.2) is 5.82 Å². The highest BCUT2D eigenvalue weighted by molar-refractivity contribution is 6.29. The van der Waals surface area contributed by atoms with Crippen molar-refractivity contribution in [2.24, 2.45) is 11.8 Å². The number of hydrogen-bond acceptors (Lipinski definition) is 4. The summed E-state index contributed by atoms with van der Waals surface area (Å²) in [6.45, 7) is 6.23. The van der Waals surface area contributed by atoms with Gasteiger partial charge in [0.2, 0.25) is 0 Å². The molecule has 2 atom stereocenters. The minimum atomic E-state index is 0.408. The van der Waals surface area contributed by atoms with Crippen LogP contribution in [0.1, 0.15) is 26.1 Å². The molecule has 4 nitrogen and oxygen atoms in total. The Morgan fingerprint density at radius 1 is 1.53 bits per heavy atom. The van der Waals surface area contributed by atoms with Crippen LogP contribution in [0.25, 0.3) is 0 Å². The number of nitrogens with one attached hydrogen (secondary N) is 1. The summed E-state index contributed by atoms with van der Waals surface area (Å²) in [5.41, 5.74) is 0. The third-order valence-corrected chi connectivity index (χ3v) is 3.19. The molecule has 0 amide bonds. The Bertz CT molecular complexity index is 386. The number of halogens is 1. The van der Waals surface area contributed by atoms with E-state index >= 15 is 0 Å². The van der Waals surface area contributed by atoms with Crippen molar-refractivity contribution in [2.75, 3.05) is 18.5 Å². The Hall–Kier alpha value is -0.870. The van der Waals surface area contributed by atoms with E-state index in [9.17, 15) is 0 Å². The van der Waals surface area contributed by atoms with Crippen LogP contribution in [0.5, 0.6) is 0 Å². The lowest BCUT2D eigenvalue weighted by molar-refractivity contribution is 0.128. The van der Waals surface area contributed by atoms with Gasteiger partial charge in [0.1, 0.15) is 17.6 Å². The predicted molar refractivity (Wildman–Crippen MR) is 68.1 cm³/mol. The molecule has 0 radical (unpaired) electrons. The molecule has 0 saturated heterocycles. The van der Waals surface area contributed by atoms with E-state index in [1.807, 2.05) is 6.92 Å². The minimum Gasteiger partial charge on any atom is -0.374 e. The lowest BCUT2D eigenvalue weighted by Crippen LogP contribution is -2.08. The second-order valence-corrected chi connectivity index (χ2v) is 4.87. The first-order chi connectivity index (χ1) is 8.19. The van der Waals surface area contributed by atoms with E-state index in [1.165, 1.54) is 6.42 Å². The molecule has 1 aromatic heterocycles. The molecule has 0 bridgehead atoms. The van der Waals surface area contributed by atoms with Gasteiger partial charge in [0.05, 0.1) is 0 Å². The van der Waals surface area contributed by atoms with E-state index in [-0.39, 0.29) is 0 Å². The van der Waals surface area contributed by atoms with E-state index in [1.54, 1.807) is 6.07 Å². The molecule has 94 valence electrons. The number of nitrogens with zero attached hydrogens (tertiary/aromatic N) is 2. The highest BCUT2D eigenvalue weighted by Crippen LogP contribution is 2.37. The Labute approximate surface area is 107 Å². The molecule has 1 heterocycles. The van der Waals surface area contributed by atoms with Gasteiger partial charge in [-0.2, -0.15) is 0 Å². The first-order valence-electron chi connectivity index (χ1n) is 6.04. The summed E-state index contributed by atoms with van der Waals surface area (Å²) in [6.07, 6.45) is 1.30. The molecule has 1 aromatic rings. The number of ether oxygens (including phenoxy) is 1. The van der Waals surface area contributed by atoms with Crippen LogP contribution in [0.2, 0.25) is 5.15 Å². The first kappa shape index (κ1) is 12.6. The molecule has 1 aliphatic carbocycles. The molecular formula is C12H18ClN3O. The van der Waals surface area contributed by atoms with Crippen LogP contribution >= 0.6 is 11.6 Å². The van der Waals surface area contributed by atoms with Crippen molar-refractivity contribution in [3.63, 3.8) is 0 Å². The van der Waals surface area contributed by atoms with E-state index in [0.717, 1.165) is 24.2 Å². The van der Waals surface area contributed by atoms with E-state index in [2.05, 4.69) is 22.2 Å². The number of hydrogen-bond donors (Lipinski definition) is 1. The third-order valence-electron chi connectivity index (χ3n) is 3.00. The third kappa shape index (κ3) is 3.82. The zero-order valence-electron chi connectivity index (χ0n) is 10.2. The molecular weight excluding hydrogens is 238 g/mol. The summed E-state index contributed by atoms with van der Waals surface area (Å²) >= 11 is 5.94. The summed E-state index contributed by atoms with van der Waals surface area (Å²) < 4.78 is 5.27. The molecule has 0 aromatic carbocycles. The second kappa shape index (κ2) is 5.65. The maximum atomic E-state index is 5.94. The molecule has 1 N–H and O–H groups in total. The Kier molecular flexibility index (Phi) is 4.18. The highest BCUT2D eigenvalue weighted by Gasteiger charge is 2.31. The number of aromatic nitrogens is 2. The van der Waals surface area contributed by atoms with Gasteiger partial charge in [-0.05, 0) is 25.2 Å². The van der Waals surface area contributed by atoms with Gasteiger partial charge in [-0.15, -0.1) is 0 Å². The lowest BCUT2D eigenvalue weighted by Gasteiger charge is -2.07. The fourth-order valence-electron chi connectivity index (χ4n) is 1.73. The van der Waals surface area contributed by atoms with Crippen molar-refractivity contribution in [1.29, 1.82) is 0 Å². The van der Waals surface area contributed by atoms with Gasteiger partial charge >= 0.3 is 0 Å². The molecule has 1 saturated carbocycles. The fraction of sp³-hybridized carbons (Fsp3) is 0.667. The molecule has 5 heteroatoms. The molecule has 17 heavy (non-hydrogen) atoms. The van der Waals surface area contributed by atoms with Gasteiger partial charge in [0.25, 0.3) is 0 Å². The molecule has 0 spiro atoms. The second-order valence-electron chi connectivity index (χ2n) is 4.48. The predicted octanol–water partition coefficient (Wildman–Crippen LogP) is 2.73. The van der Waals surface area contributed by atoms with E-state index in [4.69, 9.17) is 16.3 Å². The van der Waals surface area contributed by atoms with Crippen LogP contribution in [-0.2, 0) is 11.3 Å². The van der Waals surface area contributed by atoms with Crippen molar-refractivity contribution in [3.8, 4) is 0 Å². The summed E-state index contributed by atoms with van der Waals surface area (Å²) in [7, 11) is 0. The van der Waals surface area contributed by atoms with Crippen LogP contribution < -0.4 is 5.32 Å². The largest absolute Gasteiger partial charge is 0.374 e. The molecule has 2 rings (SSSR count). The standard InChI is InChI=1S/C12H18ClN3O/c1-3-17-7-12-15-10(13)5-11(16-12)14-6-9-4-8(9)2/h5,8-9H,3-4,6-7H2,1-2H3,(H,14,15,16). The monoisotopic (exact) mass is 255 g/mol. The van der Waals surface area contributed by atoms with Gasteiger partial charge in [-0.1, -0.05) is 18.5 Å². The quantitative estimate of drug-likeness (QED) is 0.794. The van der Waals surface area contributed by atoms with Crippen molar-refractivity contribution in [2.45, 2.75) is 26.9 Å². The molecule has 2 unspecified atom stereocenters. The number of rotatable bonds is 6. The van der Waals surface area contributed by atoms with Gasteiger partial charge in [-0.3, -0.25) is 0 Å². The van der Waals surface area contributed by atoms with Crippen molar-refractivity contribution in [3.05, 3.63) is 17.0 Å². The summed E-state index contributed by atoms with van der Waals surface area (Å²) in [5.74, 6) is 3.03. The van der Waals surface area contributed by atoms with Crippen molar-refractivity contribution >= 4 is 17.4 Å². The topological polar surface area (TPSA) is 47.0 Å². The van der Waals surface area contributed by atoms with Crippen LogP contribution in [0.15, 0.2) is 6.07 Å². The average molecular weight is 256 g/mol. The SMILES string of the molecule is CCOCc1nc(Cl)cc(NCC2CC2C)n1. The Balaban J connectivity index is 1.93. The summed E-state index contributed by atoms with van der Waals surface area (Å²) in [6, 6.07) is 1.75. The smallest absolute Gasteiger partial charge is 0.158 e. The lowest BCUT2D eigenvalue weighted by atomic mass is 10.3. The van der Waals surface area contributed by atoms with Crippen molar-refractivity contribution in [1.82, 2.24) is 9.97 Å².